The minimum atomic E-state index is -0.710. The zero-order valence-corrected chi connectivity index (χ0v) is 11.6. The molecule has 0 aromatic heterocycles. The average Bonchev–Trinajstić information content (AvgIpc) is 2.74. The summed E-state index contributed by atoms with van der Waals surface area (Å²) >= 11 is 0. The Morgan fingerprint density at radius 3 is 2.95 bits per heavy atom. The molecule has 2 N–H and O–H groups in total. The molecule has 5 nitrogen and oxygen atoms in total. The van der Waals surface area contributed by atoms with E-state index in [0.29, 0.717) is 30.3 Å². The van der Waals surface area contributed by atoms with Crippen LogP contribution in [0.2, 0.25) is 0 Å². The number of nitrogens with zero attached hydrogens (tertiary/aromatic N) is 1. The lowest BCUT2D eigenvalue weighted by atomic mass is 9.94. The first-order valence-corrected chi connectivity index (χ1v) is 7.15. The lowest BCUT2D eigenvalue weighted by molar-refractivity contribution is -0.112. The van der Waals surface area contributed by atoms with Crippen molar-refractivity contribution in [2.24, 2.45) is 5.92 Å². The van der Waals surface area contributed by atoms with E-state index in [9.17, 15) is 14.0 Å². The number of fused-ring (bicyclic) bond motifs is 1. The van der Waals surface area contributed by atoms with Crippen molar-refractivity contribution in [2.75, 3.05) is 29.9 Å². The van der Waals surface area contributed by atoms with Crippen LogP contribution in [0.15, 0.2) is 12.1 Å². The quantitative estimate of drug-likeness (QED) is 0.830. The Balaban J connectivity index is 1.88. The summed E-state index contributed by atoms with van der Waals surface area (Å²) in [4.78, 5) is 24.8. The second kappa shape index (κ2) is 5.44. The molecular weight excluding hydrogens is 275 g/mol. The zero-order chi connectivity index (χ0) is 15.0. The van der Waals surface area contributed by atoms with Gasteiger partial charge < -0.3 is 15.3 Å². The number of ketones is 1. The number of aliphatic hydroxyl groups excluding tert-OH is 1. The largest absolute Gasteiger partial charge is 0.396 e. The van der Waals surface area contributed by atoms with Crippen molar-refractivity contribution in [3.05, 3.63) is 23.5 Å². The molecule has 1 unspecified atom stereocenters. The van der Waals surface area contributed by atoms with Gasteiger partial charge in [-0.25, -0.2) is 4.39 Å². The van der Waals surface area contributed by atoms with Crippen molar-refractivity contribution < 1.29 is 19.1 Å². The van der Waals surface area contributed by atoms with Gasteiger partial charge in [0, 0.05) is 19.7 Å². The number of aliphatic hydroxyl groups is 1. The van der Waals surface area contributed by atoms with E-state index < -0.39 is 17.5 Å². The number of anilines is 2. The van der Waals surface area contributed by atoms with E-state index in [1.807, 2.05) is 4.90 Å². The smallest absolute Gasteiger partial charge is 0.296 e. The van der Waals surface area contributed by atoms with Crippen LogP contribution >= 0.6 is 0 Å². The summed E-state index contributed by atoms with van der Waals surface area (Å²) in [6, 6.07) is 2.68. The lowest BCUT2D eigenvalue weighted by Crippen LogP contribution is -2.36. The molecule has 0 spiro atoms. The van der Waals surface area contributed by atoms with Crippen LogP contribution in [-0.4, -0.2) is 36.5 Å². The van der Waals surface area contributed by atoms with E-state index in [1.165, 1.54) is 6.07 Å². The molecule has 3 rings (SSSR count). The van der Waals surface area contributed by atoms with Gasteiger partial charge in [0.15, 0.2) is 0 Å². The van der Waals surface area contributed by atoms with Crippen molar-refractivity contribution in [2.45, 2.75) is 19.3 Å². The Morgan fingerprint density at radius 1 is 1.38 bits per heavy atom. The first kappa shape index (κ1) is 14.0. The van der Waals surface area contributed by atoms with Crippen LogP contribution in [0.3, 0.4) is 0 Å². The highest BCUT2D eigenvalue weighted by atomic mass is 19.1. The average molecular weight is 292 g/mol. The number of amides is 1. The van der Waals surface area contributed by atoms with Gasteiger partial charge in [-0.1, -0.05) is 0 Å². The van der Waals surface area contributed by atoms with Crippen LogP contribution in [0.5, 0.6) is 0 Å². The summed E-state index contributed by atoms with van der Waals surface area (Å²) in [7, 11) is 0. The molecule has 2 heterocycles. The number of nitrogens with one attached hydrogen (secondary N) is 1. The van der Waals surface area contributed by atoms with Crippen molar-refractivity contribution in [1.82, 2.24) is 0 Å². The maximum Gasteiger partial charge on any atom is 0.296 e. The Bertz CT molecular complexity index is 601. The van der Waals surface area contributed by atoms with Crippen LogP contribution in [0.4, 0.5) is 15.8 Å². The highest BCUT2D eigenvalue weighted by Crippen LogP contribution is 2.33. The third-order valence-electron chi connectivity index (χ3n) is 4.18. The molecule has 1 aromatic rings. The highest BCUT2D eigenvalue weighted by Gasteiger charge is 2.31. The van der Waals surface area contributed by atoms with Crippen LogP contribution in [0.25, 0.3) is 0 Å². The Labute approximate surface area is 121 Å². The molecule has 112 valence electrons. The molecule has 1 saturated heterocycles. The molecule has 0 saturated carbocycles. The van der Waals surface area contributed by atoms with Crippen molar-refractivity contribution in [1.29, 1.82) is 0 Å². The first-order valence-electron chi connectivity index (χ1n) is 7.15. The SMILES string of the molecule is O=C1Nc2cc(N3CCCC(CCO)C3)c(F)cc2C1=O. The van der Waals surface area contributed by atoms with Crippen molar-refractivity contribution >= 4 is 23.1 Å². The van der Waals surface area contributed by atoms with Crippen molar-refractivity contribution in [3.8, 4) is 0 Å². The standard InChI is InChI=1S/C15H17FN2O3/c16-11-6-10-12(17-15(21)14(10)20)7-13(11)18-4-1-2-9(8-18)3-5-19/h6-7,9,19H,1-5,8H2,(H,17,20,21). The third kappa shape index (κ3) is 2.51. The summed E-state index contributed by atoms with van der Waals surface area (Å²) < 4.78 is 14.3. The molecule has 1 aromatic carbocycles. The molecule has 2 aliphatic rings. The number of halogens is 1. The molecular formula is C15H17FN2O3. The number of Topliss-reactive ketones (excluding diaryl/α,β-unsaturated/α-hetero) is 1. The third-order valence-corrected chi connectivity index (χ3v) is 4.18. The normalized spacial score (nSPS) is 21.4. The van der Waals surface area contributed by atoms with E-state index >= 15 is 0 Å². The fourth-order valence-corrected chi connectivity index (χ4v) is 3.10. The summed E-state index contributed by atoms with van der Waals surface area (Å²) in [5.74, 6) is -1.54. The first-order chi connectivity index (χ1) is 10.1. The van der Waals surface area contributed by atoms with Gasteiger partial charge in [0.25, 0.3) is 11.7 Å². The number of piperidine rings is 1. The molecule has 0 radical (unpaired) electrons. The molecule has 1 atom stereocenters. The predicted molar refractivity (Wildman–Crippen MR) is 76.0 cm³/mol. The molecule has 1 fully saturated rings. The van der Waals surface area contributed by atoms with Gasteiger partial charge in [0.1, 0.15) is 5.82 Å². The number of carbonyl (C=O) groups excluding carboxylic acids is 2. The second-order valence-electron chi connectivity index (χ2n) is 5.60. The molecule has 21 heavy (non-hydrogen) atoms. The number of hydrogen-bond acceptors (Lipinski definition) is 4. The summed E-state index contributed by atoms with van der Waals surface area (Å²) in [5, 5.41) is 11.5. The number of rotatable bonds is 3. The topological polar surface area (TPSA) is 69.6 Å². The van der Waals surface area contributed by atoms with Crippen molar-refractivity contribution in [3.63, 3.8) is 0 Å². The molecule has 6 heteroatoms. The van der Waals surface area contributed by atoms with Gasteiger partial charge in [0.05, 0.1) is 16.9 Å². The van der Waals surface area contributed by atoms with Gasteiger partial charge in [-0.2, -0.15) is 0 Å². The van der Waals surface area contributed by atoms with Crippen LogP contribution in [-0.2, 0) is 4.79 Å². The van der Waals surface area contributed by atoms with Crippen LogP contribution in [0.1, 0.15) is 29.6 Å². The van der Waals surface area contributed by atoms with E-state index in [4.69, 9.17) is 5.11 Å². The van der Waals surface area contributed by atoms with E-state index in [2.05, 4.69) is 5.32 Å². The fourth-order valence-electron chi connectivity index (χ4n) is 3.10. The van der Waals surface area contributed by atoms with Gasteiger partial charge >= 0.3 is 0 Å². The van der Waals surface area contributed by atoms with E-state index in [1.54, 1.807) is 0 Å². The Morgan fingerprint density at radius 2 is 2.19 bits per heavy atom. The maximum absolute atomic E-state index is 14.3. The lowest BCUT2D eigenvalue weighted by Gasteiger charge is -2.34. The highest BCUT2D eigenvalue weighted by molar-refractivity contribution is 6.51. The fraction of sp³-hybridized carbons (Fsp3) is 0.467. The van der Waals surface area contributed by atoms with Crippen LogP contribution < -0.4 is 10.2 Å². The predicted octanol–water partition coefficient (Wildman–Crippen LogP) is 1.56. The van der Waals surface area contributed by atoms with Gasteiger partial charge in [-0.15, -0.1) is 0 Å². The molecule has 1 amide bonds. The summed E-state index contributed by atoms with van der Waals surface area (Å²) in [5.41, 5.74) is 0.891. The monoisotopic (exact) mass is 292 g/mol. The molecule has 2 aliphatic heterocycles. The number of hydrogen-bond donors (Lipinski definition) is 2. The maximum atomic E-state index is 14.3. The summed E-state index contributed by atoms with van der Waals surface area (Å²) in [6.45, 7) is 1.55. The number of carbonyl (C=O) groups is 2. The number of benzene rings is 1. The van der Waals surface area contributed by atoms with Gasteiger partial charge in [-0.05, 0) is 37.3 Å². The van der Waals surface area contributed by atoms with E-state index in [0.717, 1.165) is 25.5 Å². The molecule has 0 bridgehead atoms. The minimum Gasteiger partial charge on any atom is -0.396 e. The van der Waals surface area contributed by atoms with Gasteiger partial charge in [0.2, 0.25) is 0 Å². The Kier molecular flexibility index (Phi) is 3.63. The molecule has 0 aliphatic carbocycles. The summed E-state index contributed by atoms with van der Waals surface area (Å²) in [6.07, 6.45) is 2.67. The van der Waals surface area contributed by atoms with Crippen LogP contribution in [0, 0.1) is 11.7 Å². The van der Waals surface area contributed by atoms with Gasteiger partial charge in [-0.3, -0.25) is 9.59 Å². The zero-order valence-electron chi connectivity index (χ0n) is 11.6. The van der Waals surface area contributed by atoms with E-state index in [-0.39, 0.29) is 12.2 Å². The minimum absolute atomic E-state index is 0.102. The second-order valence-corrected chi connectivity index (χ2v) is 5.60. The Hall–Kier alpha value is -1.95.